The van der Waals surface area contributed by atoms with Gasteiger partial charge in [0.1, 0.15) is 11.3 Å². The Morgan fingerprint density at radius 2 is 2.04 bits per heavy atom. The third-order valence-electron chi connectivity index (χ3n) is 4.63. The number of carbonyl (C=O) groups excluding carboxylic acids is 2. The Balaban J connectivity index is 1.96. The van der Waals surface area contributed by atoms with Crippen LogP contribution < -0.4 is 9.97 Å². The van der Waals surface area contributed by atoms with E-state index in [1.54, 1.807) is 19.6 Å². The minimum atomic E-state index is -0.582. The third-order valence-corrected chi connectivity index (χ3v) is 4.63. The van der Waals surface area contributed by atoms with Crippen molar-refractivity contribution in [2.45, 2.75) is 52.4 Å². The summed E-state index contributed by atoms with van der Waals surface area (Å²) in [6.07, 6.45) is 2.90. The molecule has 1 radical (unpaired) electrons. The van der Waals surface area contributed by atoms with E-state index in [9.17, 15) is 9.59 Å². The zero-order chi connectivity index (χ0) is 19.8. The van der Waals surface area contributed by atoms with Gasteiger partial charge in [0.15, 0.2) is 0 Å². The van der Waals surface area contributed by atoms with Gasteiger partial charge in [0.25, 0.3) is 0 Å². The van der Waals surface area contributed by atoms with E-state index in [4.69, 9.17) is 14.1 Å². The van der Waals surface area contributed by atoms with Gasteiger partial charge in [-0.05, 0) is 37.3 Å². The Kier molecular flexibility index (Phi) is 7.76. The minimum Gasteiger partial charge on any atom is -0.560 e. The first kappa shape index (κ1) is 20.9. The highest BCUT2D eigenvalue weighted by Crippen LogP contribution is 2.29. The first-order valence-corrected chi connectivity index (χ1v) is 9.40. The number of allylic oxidation sites excluding steroid dienone is 1. The predicted octanol–water partition coefficient (Wildman–Crippen LogP) is 3.17. The Labute approximate surface area is 161 Å². The molecule has 0 fully saturated rings. The third kappa shape index (κ3) is 5.52. The Bertz CT molecular complexity index is 687. The lowest BCUT2D eigenvalue weighted by Crippen LogP contribution is -2.41. The molecule has 0 unspecified atom stereocenters. The van der Waals surface area contributed by atoms with E-state index in [0.29, 0.717) is 30.6 Å². The van der Waals surface area contributed by atoms with E-state index in [-0.39, 0.29) is 17.8 Å². The van der Waals surface area contributed by atoms with Crippen molar-refractivity contribution in [2.24, 2.45) is 5.92 Å². The van der Waals surface area contributed by atoms with Gasteiger partial charge in [-0.2, -0.15) is 0 Å². The number of nitrogens with one attached hydrogen (secondary N) is 1. The molecule has 145 valence electrons. The summed E-state index contributed by atoms with van der Waals surface area (Å²) in [5.74, 6) is -0.626. The zero-order valence-corrected chi connectivity index (χ0v) is 16.2. The van der Waals surface area contributed by atoms with Gasteiger partial charge < -0.3 is 19.4 Å². The van der Waals surface area contributed by atoms with Crippen LogP contribution in [0, 0.1) is 5.92 Å². The minimum absolute atomic E-state index is 0.00260. The molecule has 27 heavy (non-hydrogen) atoms. The van der Waals surface area contributed by atoms with Crippen LogP contribution >= 0.6 is 0 Å². The maximum absolute atomic E-state index is 12.4. The quantitative estimate of drug-likeness (QED) is 0.408. The van der Waals surface area contributed by atoms with Gasteiger partial charge in [0.2, 0.25) is 6.79 Å². The molecule has 0 bridgehead atoms. The fourth-order valence-corrected chi connectivity index (χ4v) is 2.89. The summed E-state index contributed by atoms with van der Waals surface area (Å²) in [7, 11) is 1.66. The summed E-state index contributed by atoms with van der Waals surface area (Å²) >= 11 is 0. The van der Waals surface area contributed by atoms with Crippen molar-refractivity contribution in [1.82, 2.24) is 5.32 Å². The van der Waals surface area contributed by atoms with Crippen LogP contribution in [0.4, 0.5) is 0 Å². The molecule has 1 aromatic carbocycles. The Morgan fingerprint density at radius 3 is 2.70 bits per heavy atom. The molecule has 6 nitrogen and oxygen atoms in total. The summed E-state index contributed by atoms with van der Waals surface area (Å²) in [4.78, 5) is 24.2. The van der Waals surface area contributed by atoms with Gasteiger partial charge in [-0.25, -0.2) is 4.79 Å². The van der Waals surface area contributed by atoms with Gasteiger partial charge in [0.05, 0.1) is 5.92 Å². The van der Waals surface area contributed by atoms with Crippen molar-refractivity contribution < 1.29 is 23.7 Å². The van der Waals surface area contributed by atoms with Crippen LogP contribution in [0.3, 0.4) is 0 Å². The normalized spacial score (nSPS) is 15.2. The lowest BCUT2D eigenvalue weighted by Gasteiger charge is -2.27. The second-order valence-corrected chi connectivity index (χ2v) is 6.49. The van der Waals surface area contributed by atoms with E-state index in [1.807, 2.05) is 26.8 Å². The Hall–Kier alpha value is -2.44. The van der Waals surface area contributed by atoms with Crippen LogP contribution in [0.15, 0.2) is 30.5 Å². The Morgan fingerprint density at radius 1 is 1.30 bits per heavy atom. The molecule has 1 aromatic rings. The fraction of sp³-hybridized carbons (Fsp3) is 0.500. The SMILES string of the molecule is C=C(CC)N[C@@H]1[B]Oc2c(cccc2C(=O)OCOC(=O)C(CC)CC)C1. The number of esters is 2. The average molecular weight is 372 g/mol. The summed E-state index contributed by atoms with van der Waals surface area (Å²) in [6.45, 7) is 9.40. The number of hydrogen-bond acceptors (Lipinski definition) is 6. The van der Waals surface area contributed by atoms with Crippen LogP contribution in [0.25, 0.3) is 0 Å². The highest BCUT2D eigenvalue weighted by molar-refractivity contribution is 6.32. The van der Waals surface area contributed by atoms with E-state index in [2.05, 4.69) is 11.9 Å². The van der Waals surface area contributed by atoms with Crippen LogP contribution in [0.2, 0.25) is 0 Å². The lowest BCUT2D eigenvalue weighted by atomic mass is 9.79. The van der Waals surface area contributed by atoms with Crippen molar-refractivity contribution in [3.05, 3.63) is 41.6 Å². The first-order valence-electron chi connectivity index (χ1n) is 9.40. The van der Waals surface area contributed by atoms with Crippen molar-refractivity contribution in [2.75, 3.05) is 6.79 Å². The molecule has 0 amide bonds. The predicted molar refractivity (Wildman–Crippen MR) is 103 cm³/mol. The molecule has 0 saturated heterocycles. The van der Waals surface area contributed by atoms with Crippen LogP contribution in [-0.2, 0) is 20.7 Å². The van der Waals surface area contributed by atoms with Crippen LogP contribution in [-0.4, -0.2) is 32.2 Å². The smallest absolute Gasteiger partial charge is 0.394 e. The second kappa shape index (κ2) is 10.0. The number of rotatable bonds is 9. The van der Waals surface area contributed by atoms with Gasteiger partial charge in [-0.3, -0.25) is 4.79 Å². The lowest BCUT2D eigenvalue weighted by molar-refractivity contribution is -0.157. The largest absolute Gasteiger partial charge is 0.560 e. The van der Waals surface area contributed by atoms with Crippen molar-refractivity contribution in [3.63, 3.8) is 0 Å². The standard InChI is InChI=1S/C20H27BNO5/c1-5-13(4)22-17-11-15-9-8-10-16(18(15)27-21-17)20(24)26-12-25-19(23)14(6-2)7-3/h8-10,14,17,22H,4-7,11-12H2,1-3H3/t17-/m0/s1. The van der Waals surface area contributed by atoms with Crippen molar-refractivity contribution in [1.29, 1.82) is 0 Å². The first-order chi connectivity index (χ1) is 13.0. The molecule has 0 aromatic heterocycles. The van der Waals surface area contributed by atoms with Gasteiger partial charge >= 0.3 is 19.4 Å². The van der Waals surface area contributed by atoms with Crippen molar-refractivity contribution >= 4 is 19.4 Å². The van der Waals surface area contributed by atoms with Gasteiger partial charge in [0, 0.05) is 11.6 Å². The molecular formula is C20H27BNO5. The second-order valence-electron chi connectivity index (χ2n) is 6.49. The molecule has 0 spiro atoms. The van der Waals surface area contributed by atoms with E-state index in [0.717, 1.165) is 17.7 Å². The van der Waals surface area contributed by atoms with E-state index < -0.39 is 12.8 Å². The summed E-state index contributed by atoms with van der Waals surface area (Å²) in [5, 5.41) is 3.28. The molecule has 1 aliphatic rings. The van der Waals surface area contributed by atoms with E-state index >= 15 is 0 Å². The van der Waals surface area contributed by atoms with E-state index in [1.165, 1.54) is 0 Å². The zero-order valence-electron chi connectivity index (χ0n) is 16.2. The molecule has 1 N–H and O–H groups in total. The van der Waals surface area contributed by atoms with Crippen molar-refractivity contribution in [3.8, 4) is 5.75 Å². The van der Waals surface area contributed by atoms with Crippen LogP contribution in [0.1, 0.15) is 56.0 Å². The molecule has 2 rings (SSSR count). The molecule has 1 heterocycles. The number of fused-ring (bicyclic) bond motifs is 1. The molecule has 1 aliphatic heterocycles. The fourth-order valence-electron chi connectivity index (χ4n) is 2.89. The number of benzene rings is 1. The molecule has 0 saturated carbocycles. The number of carbonyl (C=O) groups is 2. The molecule has 1 atom stereocenters. The topological polar surface area (TPSA) is 73.9 Å². The average Bonchev–Trinajstić information content (AvgIpc) is 2.68. The van der Waals surface area contributed by atoms with Gasteiger partial charge in [-0.15, -0.1) is 0 Å². The van der Waals surface area contributed by atoms with Gasteiger partial charge in [-0.1, -0.05) is 39.5 Å². The highest BCUT2D eigenvalue weighted by atomic mass is 16.7. The monoisotopic (exact) mass is 372 g/mol. The maximum Gasteiger partial charge on any atom is 0.394 e. The highest BCUT2D eigenvalue weighted by Gasteiger charge is 2.27. The molecule has 7 heteroatoms. The maximum atomic E-state index is 12.4. The molecular weight excluding hydrogens is 345 g/mol. The summed E-state index contributed by atoms with van der Waals surface area (Å²) < 4.78 is 15.8. The number of hydrogen-bond donors (Lipinski definition) is 1. The molecule has 0 aliphatic carbocycles. The summed E-state index contributed by atoms with van der Waals surface area (Å²) in [5.41, 5.74) is 2.15. The van der Waals surface area contributed by atoms with Crippen LogP contribution in [0.5, 0.6) is 5.75 Å². The summed E-state index contributed by atoms with van der Waals surface area (Å²) in [6, 6.07) is 5.33. The number of para-hydroxylation sites is 1. The number of ether oxygens (including phenoxy) is 2.